The molecular formula is C25H26N4O6. The van der Waals surface area contributed by atoms with Crippen LogP contribution in [0.25, 0.3) is 0 Å². The standard InChI is InChI=1S/C25H26N4O6/c1-25-9-8-20-19-5-3-18(30)12-14(19)2-4-21(20)22(25)6-7-23(25)26-27-24(31)15-10-16(28(32)33)13-17(11-15)29(34)35/h3,5,10-13,20-22,30H,2,4,6-9H2,1H3,(H,27,31)/b26-23-/t20-,21-,22-,25+/m1/s1. The molecule has 0 bridgehead atoms. The molecule has 0 saturated heterocycles. The maximum absolute atomic E-state index is 12.7. The van der Waals surface area contributed by atoms with Crippen molar-refractivity contribution in [1.82, 2.24) is 5.43 Å². The molecule has 0 radical (unpaired) electrons. The lowest BCUT2D eigenvalue weighted by Gasteiger charge is -2.49. The molecule has 182 valence electrons. The highest BCUT2D eigenvalue weighted by atomic mass is 16.6. The smallest absolute Gasteiger partial charge is 0.277 e. The van der Waals surface area contributed by atoms with Gasteiger partial charge in [-0.1, -0.05) is 13.0 Å². The van der Waals surface area contributed by atoms with E-state index in [9.17, 15) is 30.1 Å². The van der Waals surface area contributed by atoms with Crippen molar-refractivity contribution in [3.05, 3.63) is 73.3 Å². The molecular weight excluding hydrogens is 452 g/mol. The zero-order valence-electron chi connectivity index (χ0n) is 19.3. The molecule has 2 saturated carbocycles. The van der Waals surface area contributed by atoms with Gasteiger partial charge in [0, 0.05) is 23.3 Å². The summed E-state index contributed by atoms with van der Waals surface area (Å²) < 4.78 is 0. The molecule has 35 heavy (non-hydrogen) atoms. The molecule has 2 aromatic carbocycles. The Morgan fingerprint density at radius 1 is 1.06 bits per heavy atom. The van der Waals surface area contributed by atoms with Gasteiger partial charge in [-0.15, -0.1) is 0 Å². The van der Waals surface area contributed by atoms with E-state index >= 15 is 0 Å². The molecule has 2 fully saturated rings. The average Bonchev–Trinajstić information content (AvgIpc) is 3.17. The van der Waals surface area contributed by atoms with Crippen LogP contribution in [0.1, 0.15) is 66.4 Å². The van der Waals surface area contributed by atoms with Crippen LogP contribution < -0.4 is 5.43 Å². The molecule has 2 aromatic rings. The Morgan fingerprint density at radius 2 is 1.77 bits per heavy atom. The third kappa shape index (κ3) is 3.92. The molecule has 4 atom stereocenters. The van der Waals surface area contributed by atoms with Crippen molar-refractivity contribution in [2.24, 2.45) is 22.4 Å². The first kappa shape index (κ1) is 22.9. The fourth-order valence-corrected chi connectivity index (χ4v) is 6.66. The van der Waals surface area contributed by atoms with Gasteiger partial charge in [0.05, 0.1) is 21.5 Å². The van der Waals surface area contributed by atoms with E-state index in [0.717, 1.165) is 62.4 Å². The van der Waals surface area contributed by atoms with E-state index in [1.54, 1.807) is 6.07 Å². The van der Waals surface area contributed by atoms with Gasteiger partial charge in [-0.05, 0) is 79.5 Å². The largest absolute Gasteiger partial charge is 0.508 e. The Balaban J connectivity index is 1.36. The van der Waals surface area contributed by atoms with Gasteiger partial charge >= 0.3 is 0 Å². The molecule has 0 unspecified atom stereocenters. The highest BCUT2D eigenvalue weighted by molar-refractivity contribution is 5.98. The number of rotatable bonds is 4. The summed E-state index contributed by atoms with van der Waals surface area (Å²) in [6, 6.07) is 8.58. The second-order valence-electron chi connectivity index (χ2n) is 10.0. The van der Waals surface area contributed by atoms with Crippen molar-refractivity contribution in [1.29, 1.82) is 0 Å². The number of hydrogen-bond donors (Lipinski definition) is 2. The second-order valence-corrected chi connectivity index (χ2v) is 10.0. The van der Waals surface area contributed by atoms with Gasteiger partial charge in [0.15, 0.2) is 0 Å². The summed E-state index contributed by atoms with van der Waals surface area (Å²) >= 11 is 0. The quantitative estimate of drug-likeness (QED) is 0.474. The maximum Gasteiger partial charge on any atom is 0.277 e. The predicted octanol–water partition coefficient (Wildman–Crippen LogP) is 4.85. The maximum atomic E-state index is 12.7. The number of phenols is 1. The highest BCUT2D eigenvalue weighted by Crippen LogP contribution is 2.59. The van der Waals surface area contributed by atoms with Crippen LogP contribution in [0, 0.1) is 37.5 Å². The third-order valence-corrected chi connectivity index (χ3v) is 8.33. The monoisotopic (exact) mass is 478 g/mol. The number of carbonyl (C=O) groups excluding carboxylic acids is 1. The zero-order valence-corrected chi connectivity index (χ0v) is 19.3. The summed E-state index contributed by atoms with van der Waals surface area (Å²) in [5.74, 6) is 0.988. The van der Waals surface area contributed by atoms with E-state index in [0.29, 0.717) is 23.5 Å². The van der Waals surface area contributed by atoms with Crippen molar-refractivity contribution in [3.8, 4) is 5.75 Å². The first-order chi connectivity index (χ1) is 16.7. The number of nitro benzene ring substituents is 2. The number of carbonyl (C=O) groups is 1. The summed E-state index contributed by atoms with van der Waals surface area (Å²) in [5, 5.41) is 36.6. The van der Waals surface area contributed by atoms with Gasteiger partial charge < -0.3 is 5.11 Å². The molecule has 10 heteroatoms. The van der Waals surface area contributed by atoms with Gasteiger partial charge in [-0.3, -0.25) is 25.0 Å². The number of nitro groups is 2. The van der Waals surface area contributed by atoms with Gasteiger partial charge in [0.2, 0.25) is 0 Å². The minimum absolute atomic E-state index is 0.155. The molecule has 2 N–H and O–H groups in total. The number of hydrazone groups is 1. The SMILES string of the molecule is C[C@]12CC[C@@H]3c4ccc(O)cc4CC[C@H]3[C@H]1CC/C2=N/NC(=O)c1cc([N+](=O)[O-])cc([N+](=O)[O-])c1. The number of nitrogens with zero attached hydrogens (tertiary/aromatic N) is 3. The molecule has 1 amide bonds. The van der Waals surface area contributed by atoms with E-state index in [1.165, 1.54) is 11.1 Å². The molecule has 0 aliphatic heterocycles. The predicted molar refractivity (Wildman–Crippen MR) is 127 cm³/mol. The fourth-order valence-electron chi connectivity index (χ4n) is 6.66. The first-order valence-corrected chi connectivity index (χ1v) is 11.8. The highest BCUT2D eigenvalue weighted by Gasteiger charge is 2.53. The minimum atomic E-state index is -0.763. The van der Waals surface area contributed by atoms with Crippen LogP contribution in [-0.2, 0) is 6.42 Å². The summed E-state index contributed by atoms with van der Waals surface area (Å²) in [6.07, 6.45) is 5.64. The Kier molecular flexibility index (Phi) is 5.53. The zero-order chi connectivity index (χ0) is 24.9. The summed E-state index contributed by atoms with van der Waals surface area (Å²) in [7, 11) is 0. The Morgan fingerprint density at radius 3 is 2.46 bits per heavy atom. The summed E-state index contributed by atoms with van der Waals surface area (Å²) in [4.78, 5) is 33.5. The Bertz CT molecular complexity index is 1240. The number of aromatic hydroxyl groups is 1. The first-order valence-electron chi connectivity index (χ1n) is 11.8. The van der Waals surface area contributed by atoms with E-state index in [2.05, 4.69) is 23.5 Å². The van der Waals surface area contributed by atoms with Crippen molar-refractivity contribution in [3.63, 3.8) is 0 Å². The molecule has 0 heterocycles. The summed E-state index contributed by atoms with van der Waals surface area (Å²) in [5.41, 5.74) is 4.62. The van der Waals surface area contributed by atoms with Crippen LogP contribution in [0.3, 0.4) is 0 Å². The van der Waals surface area contributed by atoms with Gasteiger partial charge in [0.1, 0.15) is 5.75 Å². The summed E-state index contributed by atoms with van der Waals surface area (Å²) in [6.45, 7) is 2.20. The van der Waals surface area contributed by atoms with E-state index in [1.807, 2.05) is 6.07 Å². The average molecular weight is 479 g/mol. The number of phenolic OH excluding ortho intramolecular Hbond substituents is 1. The molecule has 0 spiro atoms. The van der Waals surface area contributed by atoms with Crippen molar-refractivity contribution in [2.45, 2.75) is 51.4 Å². The minimum Gasteiger partial charge on any atom is -0.508 e. The number of aryl methyl sites for hydroxylation is 1. The van der Waals surface area contributed by atoms with E-state index in [-0.39, 0.29) is 11.0 Å². The molecule has 3 aliphatic rings. The van der Waals surface area contributed by atoms with Crippen LogP contribution in [0.5, 0.6) is 5.75 Å². The lowest BCUT2D eigenvalue weighted by molar-refractivity contribution is -0.394. The van der Waals surface area contributed by atoms with Crippen molar-refractivity contribution in [2.75, 3.05) is 0 Å². The topological polar surface area (TPSA) is 148 Å². The van der Waals surface area contributed by atoms with Crippen LogP contribution in [0.4, 0.5) is 11.4 Å². The van der Waals surface area contributed by atoms with Crippen LogP contribution in [-0.4, -0.2) is 26.6 Å². The number of amides is 1. The van der Waals surface area contributed by atoms with Gasteiger partial charge in [0.25, 0.3) is 17.3 Å². The third-order valence-electron chi connectivity index (χ3n) is 8.33. The lowest BCUT2D eigenvalue weighted by Crippen LogP contribution is -2.43. The fraction of sp³-hybridized carbons (Fsp3) is 0.440. The van der Waals surface area contributed by atoms with Gasteiger partial charge in [-0.25, -0.2) is 5.43 Å². The molecule has 10 nitrogen and oxygen atoms in total. The van der Waals surface area contributed by atoms with E-state index in [4.69, 9.17) is 0 Å². The second kappa shape index (κ2) is 8.44. The van der Waals surface area contributed by atoms with Crippen LogP contribution in [0.2, 0.25) is 0 Å². The Labute approximate surface area is 201 Å². The van der Waals surface area contributed by atoms with Crippen LogP contribution in [0.15, 0.2) is 41.5 Å². The molecule has 3 aliphatic carbocycles. The molecule has 0 aromatic heterocycles. The molecule has 5 rings (SSSR count). The number of nitrogens with one attached hydrogen (secondary N) is 1. The lowest BCUT2D eigenvalue weighted by atomic mass is 9.55. The number of fused-ring (bicyclic) bond motifs is 5. The number of hydrogen-bond acceptors (Lipinski definition) is 7. The normalized spacial score (nSPS) is 28.0. The van der Waals surface area contributed by atoms with E-state index < -0.39 is 27.1 Å². The van der Waals surface area contributed by atoms with Crippen molar-refractivity contribution < 1.29 is 19.7 Å². The Hall–Kier alpha value is -3.82. The van der Waals surface area contributed by atoms with Gasteiger partial charge in [-0.2, -0.15) is 5.10 Å². The van der Waals surface area contributed by atoms with Crippen molar-refractivity contribution >= 4 is 23.0 Å². The van der Waals surface area contributed by atoms with Crippen LogP contribution >= 0.6 is 0 Å². The number of benzene rings is 2. The number of non-ortho nitro benzene ring substituents is 2.